The number of nitrogens with one attached hydrogen (secondary N) is 1. The highest BCUT2D eigenvalue weighted by Crippen LogP contribution is 2.32. The highest BCUT2D eigenvalue weighted by atomic mass is 127. The van der Waals surface area contributed by atoms with Crippen molar-refractivity contribution in [3.63, 3.8) is 0 Å². The van der Waals surface area contributed by atoms with Crippen LogP contribution < -0.4 is 10.1 Å². The molecule has 0 aliphatic heterocycles. The maximum absolute atomic E-state index is 5.57. The molecule has 2 nitrogen and oxygen atoms in total. The molecule has 2 aromatic rings. The Bertz CT molecular complexity index is 573. The Labute approximate surface area is 146 Å². The van der Waals surface area contributed by atoms with Crippen LogP contribution in [0.5, 0.6) is 5.75 Å². The van der Waals surface area contributed by atoms with Crippen molar-refractivity contribution in [2.24, 2.45) is 0 Å². The lowest BCUT2D eigenvalue weighted by molar-refractivity contribution is 0.338. The van der Waals surface area contributed by atoms with Crippen LogP contribution >= 0.6 is 49.9 Å². The smallest absolute Gasteiger partial charge is 0.133 e. The first-order valence-corrected chi connectivity index (χ1v) is 9.30. The zero-order chi connectivity index (χ0) is 14.5. The lowest BCUT2D eigenvalue weighted by Gasteiger charge is -2.18. The maximum atomic E-state index is 5.57. The van der Waals surface area contributed by atoms with Crippen molar-refractivity contribution in [1.29, 1.82) is 0 Å². The van der Waals surface area contributed by atoms with Crippen LogP contribution in [0.15, 0.2) is 34.1 Å². The molecule has 108 valence electrons. The summed E-state index contributed by atoms with van der Waals surface area (Å²) in [4.78, 5) is 0. The summed E-state index contributed by atoms with van der Waals surface area (Å²) in [5.41, 5.74) is 2.56. The van der Waals surface area contributed by atoms with Gasteiger partial charge in [0.2, 0.25) is 0 Å². The van der Waals surface area contributed by atoms with Gasteiger partial charge in [0.25, 0.3) is 0 Å². The van der Waals surface area contributed by atoms with Gasteiger partial charge in [-0.15, -0.1) is 11.3 Å². The molecule has 0 spiro atoms. The second-order valence-corrected chi connectivity index (χ2v) is 7.96. The third-order valence-corrected chi connectivity index (χ3v) is 5.35. The highest BCUT2D eigenvalue weighted by Gasteiger charge is 2.16. The van der Waals surface area contributed by atoms with Crippen molar-refractivity contribution < 1.29 is 4.74 Å². The first-order chi connectivity index (χ1) is 9.65. The van der Waals surface area contributed by atoms with E-state index in [0.29, 0.717) is 6.61 Å². The van der Waals surface area contributed by atoms with Crippen LogP contribution in [0.1, 0.15) is 31.0 Å². The van der Waals surface area contributed by atoms with Crippen molar-refractivity contribution in [2.75, 3.05) is 13.2 Å². The molecule has 0 fully saturated rings. The third kappa shape index (κ3) is 3.96. The quantitative estimate of drug-likeness (QED) is 0.591. The van der Waals surface area contributed by atoms with E-state index in [9.17, 15) is 0 Å². The number of rotatable bonds is 6. The molecule has 0 aliphatic rings. The fourth-order valence-corrected chi connectivity index (χ4v) is 3.99. The number of halogens is 2. The predicted molar refractivity (Wildman–Crippen MR) is 97.9 cm³/mol. The molecule has 0 radical (unpaired) electrons. The number of hydrogen-bond acceptors (Lipinski definition) is 3. The van der Waals surface area contributed by atoms with E-state index in [4.69, 9.17) is 4.74 Å². The van der Waals surface area contributed by atoms with E-state index in [2.05, 4.69) is 74.3 Å². The fourth-order valence-electron chi connectivity index (χ4n) is 2.08. The van der Waals surface area contributed by atoms with Crippen LogP contribution in [0, 0.1) is 2.88 Å². The highest BCUT2D eigenvalue weighted by molar-refractivity contribution is 14.1. The number of ether oxygens (including phenoxy) is 1. The Balaban J connectivity index is 2.32. The van der Waals surface area contributed by atoms with Crippen LogP contribution in [-0.4, -0.2) is 13.2 Å². The molecule has 0 saturated heterocycles. The summed E-state index contributed by atoms with van der Waals surface area (Å²) in [6.45, 7) is 5.74. The van der Waals surface area contributed by atoms with Crippen molar-refractivity contribution >= 4 is 49.9 Å². The molecule has 5 heteroatoms. The van der Waals surface area contributed by atoms with Gasteiger partial charge in [-0.2, -0.15) is 0 Å². The summed E-state index contributed by atoms with van der Waals surface area (Å²) in [5.74, 6) is 0.895. The minimum atomic E-state index is 0.228. The van der Waals surface area contributed by atoms with E-state index in [0.717, 1.165) is 16.8 Å². The zero-order valence-corrected chi connectivity index (χ0v) is 16.0. The third-order valence-electron chi connectivity index (χ3n) is 2.92. The van der Waals surface area contributed by atoms with Gasteiger partial charge in [0, 0.05) is 0 Å². The van der Waals surface area contributed by atoms with Crippen LogP contribution in [-0.2, 0) is 0 Å². The van der Waals surface area contributed by atoms with Gasteiger partial charge in [-0.1, -0.05) is 13.0 Å². The van der Waals surface area contributed by atoms with Gasteiger partial charge in [-0.3, -0.25) is 0 Å². The fraction of sp³-hybridized carbons (Fsp3) is 0.333. The van der Waals surface area contributed by atoms with Gasteiger partial charge in [-0.05, 0) is 86.7 Å². The van der Waals surface area contributed by atoms with Crippen LogP contribution in [0.4, 0.5) is 0 Å². The van der Waals surface area contributed by atoms with Crippen LogP contribution in [0.2, 0.25) is 0 Å². The van der Waals surface area contributed by atoms with E-state index >= 15 is 0 Å². The first kappa shape index (κ1) is 16.3. The monoisotopic (exact) mass is 465 g/mol. The van der Waals surface area contributed by atoms with Gasteiger partial charge in [-0.25, -0.2) is 0 Å². The molecule has 0 amide bonds. The minimum Gasteiger partial charge on any atom is -0.493 e. The Morgan fingerprint density at radius 2 is 2.10 bits per heavy atom. The molecule has 2 rings (SSSR count). The molecule has 1 atom stereocenters. The van der Waals surface area contributed by atoms with Crippen LogP contribution in [0.25, 0.3) is 0 Å². The molecule has 20 heavy (non-hydrogen) atoms. The van der Waals surface area contributed by atoms with Gasteiger partial charge in [0.15, 0.2) is 0 Å². The average Bonchev–Trinajstić information content (AvgIpc) is 2.85. The van der Waals surface area contributed by atoms with Crippen molar-refractivity contribution in [3.8, 4) is 5.75 Å². The Kier molecular flexibility index (Phi) is 6.32. The van der Waals surface area contributed by atoms with Crippen molar-refractivity contribution in [2.45, 2.75) is 19.9 Å². The molecule has 1 aromatic carbocycles. The second-order valence-electron chi connectivity index (χ2n) is 4.30. The van der Waals surface area contributed by atoms with E-state index in [1.54, 1.807) is 11.3 Å². The standard InChI is InChI=1S/C15H17BrINOS/c1-3-18-15(11-8-14(17)20-9-11)10-5-6-13(19-4-2)12(16)7-10/h5-9,15,18H,3-4H2,1-2H3. The first-order valence-electron chi connectivity index (χ1n) is 6.55. The SMILES string of the molecule is CCNC(c1csc(I)c1)c1ccc(OCC)c(Br)c1. The van der Waals surface area contributed by atoms with E-state index in [1.165, 1.54) is 14.0 Å². The summed E-state index contributed by atoms with van der Waals surface area (Å²) in [6, 6.07) is 8.77. The average molecular weight is 466 g/mol. The molecule has 1 unspecified atom stereocenters. The molecule has 0 saturated carbocycles. The summed E-state index contributed by atoms with van der Waals surface area (Å²) >= 11 is 7.74. The van der Waals surface area contributed by atoms with E-state index in [-0.39, 0.29) is 6.04 Å². The summed E-state index contributed by atoms with van der Waals surface area (Å²) < 4.78 is 7.89. The molecule has 0 bridgehead atoms. The molecule has 1 aromatic heterocycles. The lowest BCUT2D eigenvalue weighted by Crippen LogP contribution is -2.21. The normalized spacial score (nSPS) is 12.4. The lowest BCUT2D eigenvalue weighted by atomic mass is 10.0. The largest absolute Gasteiger partial charge is 0.493 e. The zero-order valence-electron chi connectivity index (χ0n) is 11.5. The second kappa shape index (κ2) is 7.77. The summed E-state index contributed by atoms with van der Waals surface area (Å²) in [6.07, 6.45) is 0. The predicted octanol–water partition coefficient (Wildman–Crippen LogP) is 5.21. The minimum absolute atomic E-state index is 0.228. The summed E-state index contributed by atoms with van der Waals surface area (Å²) in [5, 5.41) is 5.77. The Morgan fingerprint density at radius 1 is 1.30 bits per heavy atom. The van der Waals surface area contributed by atoms with Gasteiger partial charge in [0.05, 0.1) is 20.0 Å². The van der Waals surface area contributed by atoms with Gasteiger partial charge < -0.3 is 10.1 Å². The Hall–Kier alpha value is -0.110. The molecule has 0 aliphatic carbocycles. The molecular formula is C15H17BrINOS. The molecular weight excluding hydrogens is 449 g/mol. The molecule has 1 N–H and O–H groups in total. The van der Waals surface area contributed by atoms with Gasteiger partial charge >= 0.3 is 0 Å². The van der Waals surface area contributed by atoms with E-state index < -0.39 is 0 Å². The summed E-state index contributed by atoms with van der Waals surface area (Å²) in [7, 11) is 0. The Morgan fingerprint density at radius 3 is 2.65 bits per heavy atom. The van der Waals surface area contributed by atoms with Crippen molar-refractivity contribution in [1.82, 2.24) is 5.32 Å². The van der Waals surface area contributed by atoms with Crippen molar-refractivity contribution in [3.05, 3.63) is 48.1 Å². The number of benzene rings is 1. The maximum Gasteiger partial charge on any atom is 0.133 e. The topological polar surface area (TPSA) is 21.3 Å². The van der Waals surface area contributed by atoms with Crippen LogP contribution in [0.3, 0.4) is 0 Å². The number of thiophene rings is 1. The molecule has 1 heterocycles. The number of hydrogen-bond donors (Lipinski definition) is 1. The van der Waals surface area contributed by atoms with Gasteiger partial charge in [0.1, 0.15) is 5.75 Å². The van der Waals surface area contributed by atoms with E-state index in [1.807, 2.05) is 13.0 Å².